The molecule has 16 heavy (non-hydrogen) atoms. The van der Waals surface area contributed by atoms with Gasteiger partial charge in [-0.15, -0.1) is 0 Å². The summed E-state index contributed by atoms with van der Waals surface area (Å²) in [5.74, 6) is 0.780. The van der Waals surface area contributed by atoms with Crippen LogP contribution in [0.25, 0.3) is 0 Å². The molecule has 0 spiro atoms. The lowest BCUT2D eigenvalue weighted by Gasteiger charge is -2.27. The number of amidine groups is 1. The number of rotatable bonds is 3. The lowest BCUT2D eigenvalue weighted by Crippen LogP contribution is -2.43. The molecular formula is C12H23N3S. The first-order chi connectivity index (χ1) is 7.74. The Morgan fingerprint density at radius 1 is 1.38 bits per heavy atom. The summed E-state index contributed by atoms with van der Waals surface area (Å²) < 4.78 is 0. The van der Waals surface area contributed by atoms with Crippen molar-refractivity contribution in [2.24, 2.45) is 10.9 Å². The second kappa shape index (κ2) is 5.92. The smallest absolute Gasteiger partial charge is 0.171 e. The molecule has 2 aliphatic rings. The molecular weight excluding hydrogens is 218 g/mol. The third-order valence-electron chi connectivity index (χ3n) is 3.06. The Balaban J connectivity index is 1.71. The van der Waals surface area contributed by atoms with E-state index < -0.39 is 0 Å². The molecule has 3 nitrogen and oxygen atoms in total. The van der Waals surface area contributed by atoms with Crippen LogP contribution in [-0.2, 0) is 0 Å². The molecule has 1 atom stereocenters. The van der Waals surface area contributed by atoms with Gasteiger partial charge in [0.05, 0.1) is 6.54 Å². The molecule has 0 aromatic carbocycles. The molecule has 0 aromatic heterocycles. The van der Waals surface area contributed by atoms with Crippen molar-refractivity contribution >= 4 is 16.9 Å². The van der Waals surface area contributed by atoms with E-state index in [0.29, 0.717) is 5.25 Å². The normalized spacial score (nSPS) is 27.2. The molecule has 92 valence electrons. The number of hydrogen-bond donors (Lipinski definition) is 1. The summed E-state index contributed by atoms with van der Waals surface area (Å²) in [7, 11) is 0. The Morgan fingerprint density at radius 2 is 2.12 bits per heavy atom. The van der Waals surface area contributed by atoms with Crippen LogP contribution in [0.5, 0.6) is 0 Å². The first-order valence-corrected chi connectivity index (χ1v) is 7.34. The summed E-state index contributed by atoms with van der Waals surface area (Å²) in [6, 6.07) is 0. The number of nitrogens with one attached hydrogen (secondary N) is 1. The van der Waals surface area contributed by atoms with Gasteiger partial charge >= 0.3 is 0 Å². The van der Waals surface area contributed by atoms with Gasteiger partial charge in [0.2, 0.25) is 0 Å². The standard InChI is InChI=1S/C12H23N3S/c1-10(2)8-11-9-13-12(16-11)14-15-6-4-3-5-7-15/h10-11H,3-9H2,1-2H3,(H,13,14). The van der Waals surface area contributed by atoms with Gasteiger partial charge in [-0.1, -0.05) is 32.0 Å². The quantitative estimate of drug-likeness (QED) is 0.822. The topological polar surface area (TPSA) is 27.6 Å². The number of hydrazine groups is 1. The van der Waals surface area contributed by atoms with Gasteiger partial charge < -0.3 is 0 Å². The summed E-state index contributed by atoms with van der Waals surface area (Å²) in [5.41, 5.74) is 3.47. The van der Waals surface area contributed by atoms with E-state index in [2.05, 4.69) is 29.3 Å². The van der Waals surface area contributed by atoms with Crippen LogP contribution in [0.15, 0.2) is 4.99 Å². The maximum atomic E-state index is 4.59. The Hall–Kier alpha value is -0.220. The SMILES string of the molecule is CC(C)CC1CN=C(NN2CCCCC2)S1. The van der Waals surface area contributed by atoms with Gasteiger partial charge in [-0.2, -0.15) is 0 Å². The summed E-state index contributed by atoms with van der Waals surface area (Å²) in [4.78, 5) is 4.59. The van der Waals surface area contributed by atoms with Crippen molar-refractivity contribution in [3.63, 3.8) is 0 Å². The highest BCUT2D eigenvalue weighted by Gasteiger charge is 2.22. The van der Waals surface area contributed by atoms with Crippen molar-refractivity contribution < 1.29 is 0 Å². The van der Waals surface area contributed by atoms with Crippen LogP contribution in [0.4, 0.5) is 0 Å². The van der Waals surface area contributed by atoms with Gasteiger partial charge in [0, 0.05) is 18.3 Å². The van der Waals surface area contributed by atoms with E-state index in [4.69, 9.17) is 0 Å². The van der Waals surface area contributed by atoms with Gasteiger partial charge in [-0.3, -0.25) is 10.4 Å². The van der Waals surface area contributed by atoms with E-state index in [0.717, 1.165) is 17.6 Å². The van der Waals surface area contributed by atoms with Gasteiger partial charge in [-0.25, -0.2) is 5.01 Å². The molecule has 0 radical (unpaired) electrons. The molecule has 0 saturated carbocycles. The van der Waals surface area contributed by atoms with Crippen molar-refractivity contribution in [3.05, 3.63) is 0 Å². The van der Waals surface area contributed by atoms with E-state index >= 15 is 0 Å². The third-order valence-corrected chi connectivity index (χ3v) is 4.18. The van der Waals surface area contributed by atoms with Crippen molar-refractivity contribution in [2.45, 2.75) is 44.8 Å². The highest BCUT2D eigenvalue weighted by molar-refractivity contribution is 8.14. The zero-order chi connectivity index (χ0) is 11.4. The minimum Gasteiger partial charge on any atom is -0.298 e. The number of thioether (sulfide) groups is 1. The molecule has 1 saturated heterocycles. The summed E-state index contributed by atoms with van der Waals surface area (Å²) in [6.07, 6.45) is 5.30. The Bertz CT molecular complexity index is 247. The molecule has 1 N–H and O–H groups in total. The average molecular weight is 241 g/mol. The zero-order valence-electron chi connectivity index (χ0n) is 10.4. The van der Waals surface area contributed by atoms with Gasteiger partial charge in [0.1, 0.15) is 0 Å². The van der Waals surface area contributed by atoms with Crippen molar-refractivity contribution in [1.29, 1.82) is 0 Å². The predicted molar refractivity (Wildman–Crippen MR) is 71.7 cm³/mol. The summed E-state index contributed by atoms with van der Waals surface area (Å²) in [5, 5.41) is 4.17. The molecule has 0 aliphatic carbocycles. The summed E-state index contributed by atoms with van der Waals surface area (Å²) in [6.45, 7) is 7.93. The molecule has 0 aromatic rings. The van der Waals surface area contributed by atoms with E-state index in [1.165, 1.54) is 38.8 Å². The van der Waals surface area contributed by atoms with Crippen LogP contribution in [-0.4, -0.2) is 35.1 Å². The number of aliphatic imine (C=N–C) groups is 1. The molecule has 0 amide bonds. The highest BCUT2D eigenvalue weighted by Crippen LogP contribution is 2.25. The number of nitrogens with zero attached hydrogens (tertiary/aromatic N) is 2. The van der Waals surface area contributed by atoms with E-state index in [1.54, 1.807) is 0 Å². The van der Waals surface area contributed by atoms with Crippen LogP contribution in [0.1, 0.15) is 39.5 Å². The molecule has 1 fully saturated rings. The Kier molecular flexibility index (Phi) is 4.53. The Morgan fingerprint density at radius 3 is 2.81 bits per heavy atom. The van der Waals surface area contributed by atoms with Gasteiger partial charge in [-0.05, 0) is 25.2 Å². The maximum Gasteiger partial charge on any atom is 0.171 e. The largest absolute Gasteiger partial charge is 0.298 e. The molecule has 4 heteroatoms. The second-order valence-corrected chi connectivity index (χ2v) is 6.46. The lowest BCUT2D eigenvalue weighted by molar-refractivity contribution is 0.196. The minimum atomic E-state index is 0.701. The average Bonchev–Trinajstić information content (AvgIpc) is 2.66. The van der Waals surface area contributed by atoms with Crippen LogP contribution in [0.3, 0.4) is 0 Å². The van der Waals surface area contributed by atoms with Crippen molar-refractivity contribution in [3.8, 4) is 0 Å². The van der Waals surface area contributed by atoms with Crippen LogP contribution in [0, 0.1) is 5.92 Å². The Labute approximate surface area is 103 Å². The fourth-order valence-corrected chi connectivity index (χ4v) is 3.55. The van der Waals surface area contributed by atoms with Gasteiger partial charge in [0.25, 0.3) is 0 Å². The van der Waals surface area contributed by atoms with Crippen LogP contribution in [0.2, 0.25) is 0 Å². The first kappa shape index (κ1) is 12.2. The molecule has 2 heterocycles. The maximum absolute atomic E-state index is 4.59. The zero-order valence-corrected chi connectivity index (χ0v) is 11.2. The highest BCUT2D eigenvalue weighted by atomic mass is 32.2. The molecule has 0 bridgehead atoms. The minimum absolute atomic E-state index is 0.701. The van der Waals surface area contributed by atoms with Crippen LogP contribution >= 0.6 is 11.8 Å². The fraction of sp³-hybridized carbons (Fsp3) is 0.917. The first-order valence-electron chi connectivity index (χ1n) is 6.47. The van der Waals surface area contributed by atoms with Gasteiger partial charge in [0.15, 0.2) is 5.17 Å². The fourth-order valence-electron chi connectivity index (χ4n) is 2.27. The van der Waals surface area contributed by atoms with E-state index in [-0.39, 0.29) is 0 Å². The predicted octanol–water partition coefficient (Wildman–Crippen LogP) is 2.49. The van der Waals surface area contributed by atoms with Crippen molar-refractivity contribution in [1.82, 2.24) is 10.4 Å². The lowest BCUT2D eigenvalue weighted by atomic mass is 10.1. The second-order valence-electron chi connectivity index (χ2n) is 5.17. The van der Waals surface area contributed by atoms with E-state index in [9.17, 15) is 0 Å². The van der Waals surface area contributed by atoms with Crippen molar-refractivity contribution in [2.75, 3.05) is 19.6 Å². The molecule has 2 rings (SSSR count). The number of piperidine rings is 1. The monoisotopic (exact) mass is 241 g/mol. The molecule has 1 unspecified atom stereocenters. The number of hydrogen-bond acceptors (Lipinski definition) is 4. The van der Waals surface area contributed by atoms with E-state index in [1.807, 2.05) is 11.8 Å². The summed E-state index contributed by atoms with van der Waals surface area (Å²) >= 11 is 1.93. The third kappa shape index (κ3) is 3.67. The molecule has 2 aliphatic heterocycles. The van der Waals surface area contributed by atoms with Crippen LogP contribution < -0.4 is 5.43 Å².